The van der Waals surface area contributed by atoms with E-state index in [0.29, 0.717) is 6.41 Å². The van der Waals surface area contributed by atoms with Gasteiger partial charge in [-0.25, -0.2) is 0 Å². The van der Waals surface area contributed by atoms with Gasteiger partial charge in [0.15, 0.2) is 0 Å². The summed E-state index contributed by atoms with van der Waals surface area (Å²) >= 11 is 0. The number of aryl methyl sites for hydroxylation is 1. The fourth-order valence-electron chi connectivity index (χ4n) is 1.57. The highest BCUT2D eigenvalue weighted by atomic mass is 16.1. The molecule has 1 aromatic rings. The van der Waals surface area contributed by atoms with E-state index in [0.717, 1.165) is 6.54 Å². The molecule has 0 saturated heterocycles. The Morgan fingerprint density at radius 2 is 2.19 bits per heavy atom. The molecule has 2 rings (SSSR count). The lowest BCUT2D eigenvalue weighted by atomic mass is 10.1. The highest BCUT2D eigenvalue weighted by Gasteiger charge is 2.07. The van der Waals surface area contributed by atoms with Gasteiger partial charge in [-0.1, -0.05) is 17.7 Å². The number of anilines is 1. The first-order valence-corrected chi connectivity index (χ1v) is 5.66. The third kappa shape index (κ3) is 3.93. The van der Waals surface area contributed by atoms with E-state index < -0.39 is 0 Å². The first kappa shape index (κ1) is 12.6. The van der Waals surface area contributed by atoms with Gasteiger partial charge in [0.2, 0.25) is 6.41 Å². The molecule has 3 heteroatoms. The smallest absolute Gasteiger partial charge is 0.207 e. The largest absolute Gasteiger partial charge is 0.384 e. The van der Waals surface area contributed by atoms with Gasteiger partial charge in [0, 0.05) is 18.3 Å². The van der Waals surface area contributed by atoms with E-state index in [1.165, 1.54) is 23.2 Å². The number of hydrogen-bond acceptors (Lipinski definition) is 2. The predicted molar refractivity (Wildman–Crippen MR) is 67.7 cm³/mol. The SMILES string of the molecule is CC(C)NC=O.Cc1ccc2c(c1)CCN2. The maximum atomic E-state index is 9.50. The van der Waals surface area contributed by atoms with Crippen molar-refractivity contribution in [2.45, 2.75) is 33.2 Å². The maximum absolute atomic E-state index is 9.50. The number of carbonyl (C=O) groups is 1. The van der Waals surface area contributed by atoms with Crippen molar-refractivity contribution in [3.05, 3.63) is 29.3 Å². The molecule has 0 aromatic heterocycles. The molecule has 0 unspecified atom stereocenters. The van der Waals surface area contributed by atoms with Crippen LogP contribution < -0.4 is 10.6 Å². The van der Waals surface area contributed by atoms with Crippen molar-refractivity contribution in [3.8, 4) is 0 Å². The molecule has 0 aliphatic carbocycles. The lowest BCUT2D eigenvalue weighted by molar-refractivity contribution is -0.109. The lowest BCUT2D eigenvalue weighted by Gasteiger charge is -1.98. The molecule has 0 fully saturated rings. The lowest BCUT2D eigenvalue weighted by Crippen LogP contribution is -2.19. The molecule has 1 aliphatic rings. The Bertz CT molecular complexity index is 348. The summed E-state index contributed by atoms with van der Waals surface area (Å²) in [5.74, 6) is 0. The molecule has 1 amide bonds. The molecule has 0 atom stereocenters. The Morgan fingerprint density at radius 3 is 2.75 bits per heavy atom. The molecular weight excluding hydrogens is 200 g/mol. The van der Waals surface area contributed by atoms with Crippen LogP contribution in [0.2, 0.25) is 0 Å². The number of carbonyl (C=O) groups excluding carboxylic acids is 1. The average Bonchev–Trinajstić information content (AvgIpc) is 2.65. The van der Waals surface area contributed by atoms with Crippen LogP contribution in [-0.2, 0) is 11.2 Å². The summed E-state index contributed by atoms with van der Waals surface area (Å²) in [6, 6.07) is 6.85. The zero-order valence-electron chi connectivity index (χ0n) is 10.2. The van der Waals surface area contributed by atoms with E-state index in [2.05, 4.69) is 35.8 Å². The first-order valence-electron chi connectivity index (χ1n) is 5.66. The summed E-state index contributed by atoms with van der Waals surface area (Å²) < 4.78 is 0. The second kappa shape index (κ2) is 6.16. The van der Waals surface area contributed by atoms with Crippen LogP contribution in [-0.4, -0.2) is 19.0 Å². The van der Waals surface area contributed by atoms with Gasteiger partial charge in [0.05, 0.1) is 0 Å². The van der Waals surface area contributed by atoms with Gasteiger partial charge < -0.3 is 10.6 Å². The van der Waals surface area contributed by atoms with Crippen LogP contribution in [0.25, 0.3) is 0 Å². The molecule has 2 N–H and O–H groups in total. The van der Waals surface area contributed by atoms with Crippen LogP contribution >= 0.6 is 0 Å². The molecular formula is C13H20N2O. The van der Waals surface area contributed by atoms with Crippen LogP contribution in [0.3, 0.4) is 0 Å². The van der Waals surface area contributed by atoms with Gasteiger partial charge in [-0.3, -0.25) is 4.79 Å². The average molecular weight is 220 g/mol. The van der Waals surface area contributed by atoms with Gasteiger partial charge in [0.25, 0.3) is 0 Å². The van der Waals surface area contributed by atoms with Crippen molar-refractivity contribution in [2.24, 2.45) is 0 Å². The quantitative estimate of drug-likeness (QED) is 0.749. The fourth-order valence-corrected chi connectivity index (χ4v) is 1.57. The molecule has 1 heterocycles. The summed E-state index contributed by atoms with van der Waals surface area (Å²) in [6.45, 7) is 7.07. The first-order chi connectivity index (χ1) is 7.63. The topological polar surface area (TPSA) is 41.1 Å². The minimum absolute atomic E-state index is 0.280. The minimum atomic E-state index is 0.280. The number of fused-ring (bicyclic) bond motifs is 1. The molecule has 88 valence electrons. The zero-order valence-corrected chi connectivity index (χ0v) is 10.2. The number of rotatable bonds is 2. The Labute approximate surface area is 97.2 Å². The third-order valence-electron chi connectivity index (χ3n) is 2.37. The molecule has 16 heavy (non-hydrogen) atoms. The molecule has 0 radical (unpaired) electrons. The van der Waals surface area contributed by atoms with Crippen molar-refractivity contribution in [2.75, 3.05) is 11.9 Å². The molecule has 3 nitrogen and oxygen atoms in total. The van der Waals surface area contributed by atoms with Crippen molar-refractivity contribution in [1.82, 2.24) is 5.32 Å². The van der Waals surface area contributed by atoms with Gasteiger partial charge >= 0.3 is 0 Å². The Morgan fingerprint density at radius 1 is 1.44 bits per heavy atom. The summed E-state index contributed by atoms with van der Waals surface area (Å²) in [6.07, 6.45) is 1.89. The normalized spacial score (nSPS) is 12.2. The minimum Gasteiger partial charge on any atom is -0.384 e. The third-order valence-corrected chi connectivity index (χ3v) is 2.37. The molecule has 1 aliphatic heterocycles. The molecule has 0 saturated carbocycles. The Hall–Kier alpha value is -1.51. The second-order valence-corrected chi connectivity index (χ2v) is 4.28. The van der Waals surface area contributed by atoms with Crippen LogP contribution in [0.4, 0.5) is 5.69 Å². The van der Waals surface area contributed by atoms with E-state index in [-0.39, 0.29) is 6.04 Å². The number of amides is 1. The highest BCUT2D eigenvalue weighted by Crippen LogP contribution is 2.22. The van der Waals surface area contributed by atoms with Crippen molar-refractivity contribution < 1.29 is 4.79 Å². The van der Waals surface area contributed by atoms with E-state index >= 15 is 0 Å². The maximum Gasteiger partial charge on any atom is 0.207 e. The summed E-state index contributed by atoms with van der Waals surface area (Å²) in [5.41, 5.74) is 4.16. The van der Waals surface area contributed by atoms with E-state index in [9.17, 15) is 4.79 Å². The van der Waals surface area contributed by atoms with Crippen molar-refractivity contribution >= 4 is 12.1 Å². The van der Waals surface area contributed by atoms with E-state index in [1.807, 2.05) is 13.8 Å². The monoisotopic (exact) mass is 220 g/mol. The fraction of sp³-hybridized carbons (Fsp3) is 0.462. The number of benzene rings is 1. The summed E-state index contributed by atoms with van der Waals surface area (Å²) in [4.78, 5) is 9.50. The van der Waals surface area contributed by atoms with E-state index in [4.69, 9.17) is 0 Å². The van der Waals surface area contributed by atoms with Crippen molar-refractivity contribution in [1.29, 1.82) is 0 Å². The molecule has 1 aromatic carbocycles. The molecule has 0 bridgehead atoms. The number of nitrogens with one attached hydrogen (secondary N) is 2. The van der Waals surface area contributed by atoms with Crippen molar-refractivity contribution in [3.63, 3.8) is 0 Å². The standard InChI is InChI=1S/C9H11N.C4H9NO/c1-7-2-3-9-8(6-7)4-5-10-9;1-4(2)5-3-6/h2-3,6,10H,4-5H2,1H3;3-4H,1-2H3,(H,5,6). The van der Waals surface area contributed by atoms with Crippen LogP contribution in [0.1, 0.15) is 25.0 Å². The zero-order chi connectivity index (χ0) is 12.0. The Kier molecular flexibility index (Phi) is 4.83. The number of hydrogen-bond donors (Lipinski definition) is 2. The predicted octanol–water partition coefficient (Wildman–Crippen LogP) is 2.10. The van der Waals surface area contributed by atoms with Gasteiger partial charge in [0.1, 0.15) is 0 Å². The van der Waals surface area contributed by atoms with Gasteiger partial charge in [-0.2, -0.15) is 0 Å². The highest BCUT2D eigenvalue weighted by molar-refractivity contribution is 5.56. The van der Waals surface area contributed by atoms with E-state index in [1.54, 1.807) is 0 Å². The van der Waals surface area contributed by atoms with Crippen LogP contribution in [0, 0.1) is 6.92 Å². The van der Waals surface area contributed by atoms with Crippen LogP contribution in [0.5, 0.6) is 0 Å². The summed E-state index contributed by atoms with van der Waals surface area (Å²) in [5, 5.41) is 5.86. The van der Waals surface area contributed by atoms with Crippen LogP contribution in [0.15, 0.2) is 18.2 Å². The Balaban J connectivity index is 0.000000187. The van der Waals surface area contributed by atoms with Gasteiger partial charge in [-0.15, -0.1) is 0 Å². The summed E-state index contributed by atoms with van der Waals surface area (Å²) in [7, 11) is 0. The van der Waals surface area contributed by atoms with Gasteiger partial charge in [-0.05, 0) is 38.8 Å². The molecule has 0 spiro atoms. The second-order valence-electron chi connectivity index (χ2n) is 4.28.